The van der Waals surface area contributed by atoms with E-state index in [9.17, 15) is 9.59 Å². The van der Waals surface area contributed by atoms with Crippen LogP contribution in [0.4, 0.5) is 4.79 Å². The molecule has 12 heteroatoms. The van der Waals surface area contributed by atoms with Crippen molar-refractivity contribution in [3.8, 4) is 28.5 Å². The smallest absolute Gasteiger partial charge is 0.407 e. The van der Waals surface area contributed by atoms with Gasteiger partial charge in [0.05, 0.1) is 23.3 Å². The number of carbonyl (C=O) groups is 2. The summed E-state index contributed by atoms with van der Waals surface area (Å²) in [6.07, 6.45) is 5.62. The molecular formula is C28H35N5O7. The fourth-order valence-electron chi connectivity index (χ4n) is 4.96. The van der Waals surface area contributed by atoms with Crippen molar-refractivity contribution in [2.75, 3.05) is 27.1 Å². The van der Waals surface area contributed by atoms with E-state index >= 15 is 0 Å². The fraction of sp³-hybridized carbons (Fsp3) is 0.500. The summed E-state index contributed by atoms with van der Waals surface area (Å²) in [4.78, 5) is 37.5. The van der Waals surface area contributed by atoms with Gasteiger partial charge in [0.25, 0.3) is 5.91 Å². The number of methoxy groups -OCH3 is 1. The quantitative estimate of drug-likeness (QED) is 0.353. The van der Waals surface area contributed by atoms with Crippen LogP contribution >= 0.6 is 0 Å². The molecular weight excluding hydrogens is 518 g/mol. The molecule has 1 fully saturated rings. The van der Waals surface area contributed by atoms with Crippen molar-refractivity contribution in [3.63, 3.8) is 0 Å². The third-order valence-corrected chi connectivity index (χ3v) is 6.77. The van der Waals surface area contributed by atoms with Gasteiger partial charge >= 0.3 is 6.09 Å². The molecule has 0 bridgehead atoms. The van der Waals surface area contributed by atoms with Crippen LogP contribution in [-0.4, -0.2) is 71.8 Å². The maximum atomic E-state index is 13.3. The van der Waals surface area contributed by atoms with E-state index in [4.69, 9.17) is 23.7 Å². The largest absolute Gasteiger partial charge is 0.490 e. The van der Waals surface area contributed by atoms with E-state index in [0.717, 1.165) is 25.7 Å². The van der Waals surface area contributed by atoms with Gasteiger partial charge < -0.3 is 39.3 Å². The molecule has 1 aliphatic heterocycles. The third-order valence-electron chi connectivity index (χ3n) is 6.77. The number of benzene rings is 1. The molecule has 1 aliphatic carbocycles. The molecule has 3 heterocycles. The maximum absolute atomic E-state index is 13.3. The number of aromatic nitrogens is 3. The topological polar surface area (TPSA) is 146 Å². The minimum atomic E-state index is -0.544. The molecule has 0 spiro atoms. The lowest BCUT2D eigenvalue weighted by molar-refractivity contribution is 0.0488. The highest BCUT2D eigenvalue weighted by Gasteiger charge is 2.29. The van der Waals surface area contributed by atoms with E-state index in [1.165, 1.54) is 6.33 Å². The maximum Gasteiger partial charge on any atom is 0.407 e. The molecule has 40 heavy (non-hydrogen) atoms. The number of nitrogens with one attached hydrogen (secondary N) is 3. The van der Waals surface area contributed by atoms with Gasteiger partial charge in [-0.2, -0.15) is 0 Å². The number of alkyl carbamates (subject to hydrolysis) is 1. The highest BCUT2D eigenvalue weighted by atomic mass is 16.7. The Kier molecular flexibility index (Phi) is 7.97. The molecule has 2 aromatic heterocycles. The van der Waals surface area contributed by atoms with Crippen molar-refractivity contribution in [2.24, 2.45) is 0 Å². The molecule has 0 radical (unpaired) electrons. The van der Waals surface area contributed by atoms with Crippen LogP contribution in [-0.2, 0) is 9.47 Å². The first-order valence-corrected chi connectivity index (χ1v) is 13.4. The lowest BCUT2D eigenvalue weighted by atomic mass is 9.91. The zero-order valence-corrected chi connectivity index (χ0v) is 23.2. The van der Waals surface area contributed by atoms with Gasteiger partial charge in [0.15, 0.2) is 11.5 Å². The Morgan fingerprint density at radius 1 is 1.05 bits per heavy atom. The highest BCUT2D eigenvalue weighted by Crippen LogP contribution is 2.47. The van der Waals surface area contributed by atoms with E-state index < -0.39 is 11.7 Å². The second-order valence-corrected chi connectivity index (χ2v) is 10.8. The summed E-state index contributed by atoms with van der Waals surface area (Å²) in [7, 11) is 1.61. The van der Waals surface area contributed by atoms with E-state index in [0.29, 0.717) is 58.3 Å². The molecule has 1 aromatic carbocycles. The Morgan fingerprint density at radius 3 is 2.52 bits per heavy atom. The predicted molar refractivity (Wildman–Crippen MR) is 146 cm³/mol. The predicted octanol–water partition coefficient (Wildman–Crippen LogP) is 3.94. The zero-order valence-electron chi connectivity index (χ0n) is 23.2. The minimum Gasteiger partial charge on any atom is -0.490 e. The van der Waals surface area contributed by atoms with Crippen LogP contribution in [0.15, 0.2) is 24.7 Å². The third kappa shape index (κ3) is 6.06. The zero-order chi connectivity index (χ0) is 28.3. The van der Waals surface area contributed by atoms with Gasteiger partial charge in [-0.3, -0.25) is 4.79 Å². The number of hydrogen-bond acceptors (Lipinski definition) is 9. The Bertz CT molecular complexity index is 1380. The fourth-order valence-corrected chi connectivity index (χ4v) is 4.96. The van der Waals surface area contributed by atoms with Crippen LogP contribution in [0.2, 0.25) is 0 Å². The molecule has 3 N–H and O–H groups in total. The number of hydrogen-bond donors (Lipinski definition) is 3. The highest BCUT2D eigenvalue weighted by molar-refractivity contribution is 6.08. The molecule has 3 aromatic rings. The first-order chi connectivity index (χ1) is 19.2. The van der Waals surface area contributed by atoms with Crippen LogP contribution in [0.25, 0.3) is 22.3 Å². The second-order valence-electron chi connectivity index (χ2n) is 10.8. The summed E-state index contributed by atoms with van der Waals surface area (Å²) in [5.74, 6) is 1.43. The van der Waals surface area contributed by atoms with Crippen molar-refractivity contribution < 1.29 is 33.3 Å². The number of rotatable bonds is 8. The molecule has 5 rings (SSSR count). The number of amides is 2. The van der Waals surface area contributed by atoms with Gasteiger partial charge in [-0.05, 0) is 58.6 Å². The van der Waals surface area contributed by atoms with Crippen molar-refractivity contribution in [2.45, 2.75) is 64.1 Å². The normalized spacial score (nSPS) is 18.4. The minimum absolute atomic E-state index is 0.0147. The Morgan fingerprint density at radius 2 is 1.80 bits per heavy atom. The van der Waals surface area contributed by atoms with E-state index in [1.54, 1.807) is 25.4 Å². The number of aromatic amines is 1. The molecule has 214 valence electrons. The monoisotopic (exact) mass is 553 g/mol. The molecule has 1 saturated carbocycles. The number of nitrogens with zero attached hydrogens (tertiary/aromatic N) is 2. The summed E-state index contributed by atoms with van der Waals surface area (Å²) in [6, 6.07) is 3.60. The second kappa shape index (κ2) is 11.6. The van der Waals surface area contributed by atoms with Crippen molar-refractivity contribution in [1.29, 1.82) is 0 Å². The molecule has 12 nitrogen and oxygen atoms in total. The van der Waals surface area contributed by atoms with Crippen molar-refractivity contribution in [1.82, 2.24) is 25.6 Å². The summed E-state index contributed by atoms with van der Waals surface area (Å²) in [5.41, 5.74) is 2.09. The lowest BCUT2D eigenvalue weighted by Gasteiger charge is -2.30. The summed E-state index contributed by atoms with van der Waals surface area (Å²) >= 11 is 0. The van der Waals surface area contributed by atoms with Crippen LogP contribution < -0.4 is 24.8 Å². The van der Waals surface area contributed by atoms with Gasteiger partial charge in [-0.1, -0.05) is 0 Å². The van der Waals surface area contributed by atoms with E-state index in [2.05, 4.69) is 25.6 Å². The van der Waals surface area contributed by atoms with E-state index in [1.807, 2.05) is 20.8 Å². The standard InChI is InChI=1S/C28H35N5O7/c1-28(2,3)40-27(35)33-17-7-5-16(6-8-17)32-26(34)18-13-29-24-22(18)30-14-31-23(24)21-19(37-12-11-36-4)9-10-20-25(21)39-15-38-20/h9-10,13-14,16-17,29H,5-8,11-12,15H2,1-4H3,(H,32,34)(H,33,35)/t16-,17+. The van der Waals surface area contributed by atoms with Crippen LogP contribution in [0, 0.1) is 0 Å². The average molecular weight is 554 g/mol. The molecule has 2 aliphatic rings. The summed E-state index contributed by atoms with van der Waals surface area (Å²) in [6.45, 7) is 6.35. The molecule has 2 amide bonds. The summed E-state index contributed by atoms with van der Waals surface area (Å²) < 4.78 is 27.8. The number of fused-ring (bicyclic) bond motifs is 2. The first-order valence-electron chi connectivity index (χ1n) is 13.4. The Balaban J connectivity index is 1.31. The van der Waals surface area contributed by atoms with Gasteiger partial charge in [0, 0.05) is 25.4 Å². The van der Waals surface area contributed by atoms with Crippen LogP contribution in [0.1, 0.15) is 56.8 Å². The lowest BCUT2D eigenvalue weighted by Crippen LogP contribution is -2.45. The van der Waals surface area contributed by atoms with Crippen LogP contribution in [0.5, 0.6) is 17.2 Å². The SMILES string of the molecule is COCCOc1ccc2c(c1-c1ncnc3c(C(=O)N[C@H]4CC[C@@H](NC(=O)OC(C)(C)C)CC4)c[nH]c13)OCO2. The number of carbonyl (C=O) groups excluding carboxylic acids is 2. The number of ether oxygens (including phenoxy) is 5. The Hall–Kier alpha value is -4.06. The molecule has 0 atom stereocenters. The van der Waals surface area contributed by atoms with E-state index in [-0.39, 0.29) is 24.8 Å². The summed E-state index contributed by atoms with van der Waals surface area (Å²) in [5, 5.41) is 6.05. The van der Waals surface area contributed by atoms with Gasteiger partial charge in [0.1, 0.15) is 35.5 Å². The van der Waals surface area contributed by atoms with Crippen molar-refractivity contribution in [3.05, 3.63) is 30.2 Å². The van der Waals surface area contributed by atoms with Gasteiger partial charge in [-0.15, -0.1) is 0 Å². The molecule has 0 saturated heterocycles. The first kappa shape index (κ1) is 27.5. The Labute approximate surface area is 232 Å². The van der Waals surface area contributed by atoms with Crippen LogP contribution in [0.3, 0.4) is 0 Å². The molecule has 0 unspecified atom stereocenters. The number of H-pyrrole nitrogens is 1. The van der Waals surface area contributed by atoms with Gasteiger partial charge in [0.2, 0.25) is 6.79 Å². The average Bonchev–Trinajstić information content (AvgIpc) is 3.56. The van der Waals surface area contributed by atoms with Crippen molar-refractivity contribution >= 4 is 23.0 Å². The van der Waals surface area contributed by atoms with Gasteiger partial charge in [-0.25, -0.2) is 14.8 Å².